The van der Waals surface area contributed by atoms with E-state index in [9.17, 15) is 0 Å². The summed E-state index contributed by atoms with van der Waals surface area (Å²) in [7, 11) is 1.97. The normalized spacial score (nSPS) is 12.6. The molecule has 0 spiro atoms. The highest BCUT2D eigenvalue weighted by molar-refractivity contribution is 6.31. The van der Waals surface area contributed by atoms with Crippen LogP contribution < -0.4 is 5.32 Å². The van der Waals surface area contributed by atoms with Crippen molar-refractivity contribution in [2.75, 3.05) is 7.05 Å². The number of nitrogens with one attached hydrogen (secondary N) is 1. The lowest BCUT2D eigenvalue weighted by molar-refractivity contribution is 0.540. The van der Waals surface area contributed by atoms with Gasteiger partial charge in [0.2, 0.25) is 0 Å². The number of hydrogen-bond acceptors (Lipinski definition) is 3. The van der Waals surface area contributed by atoms with E-state index in [-0.39, 0.29) is 6.04 Å². The number of aryl methyl sites for hydroxylation is 3. The maximum absolute atomic E-state index is 6.50. The third-order valence-electron chi connectivity index (χ3n) is 3.76. The molecule has 2 aromatic rings. The van der Waals surface area contributed by atoms with Crippen molar-refractivity contribution in [3.8, 4) is 0 Å². The summed E-state index contributed by atoms with van der Waals surface area (Å²) < 4.78 is 2.01. The Morgan fingerprint density at radius 2 is 2.14 bits per heavy atom. The Balaban J connectivity index is 2.32. The summed E-state index contributed by atoms with van der Waals surface area (Å²) >= 11 is 6.50. The maximum Gasteiger partial charge on any atom is 0.0850 e. The first-order chi connectivity index (χ1) is 10.1. The van der Waals surface area contributed by atoms with Crippen LogP contribution in [-0.4, -0.2) is 21.8 Å². The molecule has 21 heavy (non-hydrogen) atoms. The zero-order valence-electron chi connectivity index (χ0n) is 13.2. The predicted octanol–water partition coefficient (Wildman–Crippen LogP) is 3.33. The number of pyridine rings is 1. The van der Waals surface area contributed by atoms with Gasteiger partial charge in [-0.1, -0.05) is 18.5 Å². The molecule has 2 aromatic heterocycles. The largest absolute Gasteiger partial charge is 0.313 e. The van der Waals surface area contributed by atoms with E-state index in [0.717, 1.165) is 41.5 Å². The third-order valence-corrected chi connectivity index (χ3v) is 4.20. The average molecular weight is 307 g/mol. The summed E-state index contributed by atoms with van der Waals surface area (Å²) in [6.07, 6.45) is 3.53. The molecular formula is C16H23ClN4. The summed E-state index contributed by atoms with van der Waals surface area (Å²) in [4.78, 5) is 4.26. The van der Waals surface area contributed by atoms with Crippen molar-refractivity contribution >= 4 is 11.6 Å². The summed E-state index contributed by atoms with van der Waals surface area (Å²) in [6, 6.07) is 4.37. The highest BCUT2D eigenvalue weighted by Gasteiger charge is 2.19. The van der Waals surface area contributed by atoms with Gasteiger partial charge in [-0.05, 0) is 45.0 Å². The minimum absolute atomic E-state index is 0.205. The molecule has 0 saturated carbocycles. The lowest BCUT2D eigenvalue weighted by atomic mass is 10.0. The van der Waals surface area contributed by atoms with Crippen LogP contribution in [0.15, 0.2) is 18.3 Å². The van der Waals surface area contributed by atoms with Gasteiger partial charge in [-0.2, -0.15) is 5.10 Å². The van der Waals surface area contributed by atoms with Crippen molar-refractivity contribution in [3.05, 3.63) is 46.0 Å². The zero-order valence-corrected chi connectivity index (χ0v) is 13.9. The van der Waals surface area contributed by atoms with E-state index in [1.54, 1.807) is 0 Å². The minimum Gasteiger partial charge on any atom is -0.313 e. The number of rotatable bonds is 6. The van der Waals surface area contributed by atoms with Gasteiger partial charge in [0, 0.05) is 30.9 Å². The van der Waals surface area contributed by atoms with Crippen molar-refractivity contribution in [3.63, 3.8) is 0 Å². The van der Waals surface area contributed by atoms with Crippen LogP contribution >= 0.6 is 11.6 Å². The van der Waals surface area contributed by atoms with E-state index in [0.29, 0.717) is 0 Å². The van der Waals surface area contributed by atoms with Crippen molar-refractivity contribution in [1.82, 2.24) is 20.1 Å². The Kier molecular flexibility index (Phi) is 5.37. The summed E-state index contributed by atoms with van der Waals surface area (Å²) in [5, 5.41) is 8.77. The maximum atomic E-state index is 6.50. The number of likely N-dealkylation sites (N-methyl/N-ethyl adjacent to an activating group) is 1. The molecule has 0 aliphatic heterocycles. The van der Waals surface area contributed by atoms with Crippen LogP contribution in [0.3, 0.4) is 0 Å². The first-order valence-electron chi connectivity index (χ1n) is 7.44. The smallest absolute Gasteiger partial charge is 0.0850 e. The fraction of sp³-hybridized carbons (Fsp3) is 0.500. The molecule has 1 atom stereocenters. The van der Waals surface area contributed by atoms with Crippen LogP contribution in [0.4, 0.5) is 0 Å². The molecule has 0 aliphatic carbocycles. The summed E-state index contributed by atoms with van der Waals surface area (Å²) in [5.41, 5.74) is 4.33. The van der Waals surface area contributed by atoms with E-state index in [2.05, 4.69) is 41.4 Å². The van der Waals surface area contributed by atoms with Crippen molar-refractivity contribution in [2.45, 2.75) is 46.2 Å². The van der Waals surface area contributed by atoms with Gasteiger partial charge in [0.05, 0.1) is 16.4 Å². The predicted molar refractivity (Wildman–Crippen MR) is 86.8 cm³/mol. The molecule has 5 heteroatoms. The van der Waals surface area contributed by atoms with E-state index in [1.807, 2.05) is 24.9 Å². The fourth-order valence-corrected chi connectivity index (χ4v) is 2.92. The van der Waals surface area contributed by atoms with Crippen LogP contribution in [0.1, 0.15) is 42.5 Å². The Hall–Kier alpha value is -1.39. The Bertz CT molecular complexity index is 606. The highest BCUT2D eigenvalue weighted by atomic mass is 35.5. The highest BCUT2D eigenvalue weighted by Crippen LogP contribution is 2.27. The third kappa shape index (κ3) is 3.44. The molecule has 0 saturated heterocycles. The topological polar surface area (TPSA) is 42.7 Å². The van der Waals surface area contributed by atoms with E-state index < -0.39 is 0 Å². The van der Waals surface area contributed by atoms with Gasteiger partial charge >= 0.3 is 0 Å². The number of halogens is 1. The minimum atomic E-state index is 0.205. The van der Waals surface area contributed by atoms with Crippen LogP contribution in [0.2, 0.25) is 5.02 Å². The van der Waals surface area contributed by atoms with Gasteiger partial charge < -0.3 is 5.32 Å². The van der Waals surface area contributed by atoms with Gasteiger partial charge in [0.25, 0.3) is 0 Å². The zero-order chi connectivity index (χ0) is 15.4. The van der Waals surface area contributed by atoms with Gasteiger partial charge in [0.15, 0.2) is 0 Å². The van der Waals surface area contributed by atoms with E-state index >= 15 is 0 Å². The number of aromatic nitrogens is 3. The van der Waals surface area contributed by atoms with Crippen molar-refractivity contribution in [1.29, 1.82) is 0 Å². The molecule has 0 radical (unpaired) electrons. The molecule has 114 valence electrons. The van der Waals surface area contributed by atoms with Crippen LogP contribution in [-0.2, 0) is 19.4 Å². The molecule has 2 heterocycles. The van der Waals surface area contributed by atoms with E-state index in [1.165, 1.54) is 5.56 Å². The van der Waals surface area contributed by atoms with Crippen LogP contribution in [0, 0.1) is 6.92 Å². The molecule has 0 fully saturated rings. The summed E-state index contributed by atoms with van der Waals surface area (Å²) in [5.74, 6) is 0. The standard InChI is InChI=1S/C16H23ClN4/c1-5-13-16(17)15(21(6-2)20-13)10-14(18-4)12-7-8-19-11(3)9-12/h7-9,14,18H,5-6,10H2,1-4H3. The second kappa shape index (κ2) is 7.05. The SMILES string of the molecule is CCc1nn(CC)c(CC(NC)c2ccnc(C)c2)c1Cl. The Morgan fingerprint density at radius 1 is 1.38 bits per heavy atom. The van der Waals surface area contributed by atoms with Crippen LogP contribution in [0.5, 0.6) is 0 Å². The molecule has 0 aromatic carbocycles. The van der Waals surface area contributed by atoms with E-state index in [4.69, 9.17) is 11.6 Å². The van der Waals surface area contributed by atoms with Crippen LogP contribution in [0.25, 0.3) is 0 Å². The van der Waals surface area contributed by atoms with Gasteiger partial charge in [-0.25, -0.2) is 0 Å². The molecule has 4 nitrogen and oxygen atoms in total. The van der Waals surface area contributed by atoms with Gasteiger partial charge in [-0.15, -0.1) is 0 Å². The fourth-order valence-electron chi connectivity index (χ4n) is 2.58. The molecule has 0 aliphatic rings. The molecule has 1 N–H and O–H groups in total. The van der Waals surface area contributed by atoms with Gasteiger partial charge in [0.1, 0.15) is 0 Å². The van der Waals surface area contributed by atoms with Crippen molar-refractivity contribution < 1.29 is 0 Å². The van der Waals surface area contributed by atoms with Gasteiger partial charge in [-0.3, -0.25) is 9.67 Å². The average Bonchev–Trinajstić information content (AvgIpc) is 2.80. The first kappa shape index (κ1) is 16.0. The Morgan fingerprint density at radius 3 is 2.71 bits per heavy atom. The quantitative estimate of drug-likeness (QED) is 0.890. The number of nitrogens with zero attached hydrogens (tertiary/aromatic N) is 3. The second-order valence-electron chi connectivity index (χ2n) is 5.15. The number of hydrogen-bond donors (Lipinski definition) is 1. The molecule has 2 rings (SSSR count). The van der Waals surface area contributed by atoms with Crippen molar-refractivity contribution in [2.24, 2.45) is 0 Å². The molecule has 1 unspecified atom stereocenters. The summed E-state index contributed by atoms with van der Waals surface area (Å²) in [6.45, 7) is 7.02. The first-order valence-corrected chi connectivity index (χ1v) is 7.82. The molecule has 0 amide bonds. The molecular weight excluding hydrogens is 284 g/mol. The lowest BCUT2D eigenvalue weighted by Gasteiger charge is -2.18. The Labute approximate surface area is 131 Å². The lowest BCUT2D eigenvalue weighted by Crippen LogP contribution is -2.21. The monoisotopic (exact) mass is 306 g/mol. The molecule has 0 bridgehead atoms. The second-order valence-corrected chi connectivity index (χ2v) is 5.53.